The number of para-hydroxylation sites is 1. The Kier molecular flexibility index (Phi) is 4.74. The first-order chi connectivity index (χ1) is 14.7. The van der Waals surface area contributed by atoms with Gasteiger partial charge in [0.15, 0.2) is 0 Å². The van der Waals surface area contributed by atoms with E-state index in [-0.39, 0.29) is 12.3 Å². The Labute approximate surface area is 177 Å². The number of anilines is 1. The van der Waals surface area contributed by atoms with Crippen LogP contribution in [0.2, 0.25) is 0 Å². The Balaban J connectivity index is 1.39. The van der Waals surface area contributed by atoms with E-state index in [4.69, 9.17) is 5.14 Å². The van der Waals surface area contributed by atoms with Crippen LogP contribution in [0.5, 0.6) is 0 Å². The van der Waals surface area contributed by atoms with Gasteiger partial charge in [0, 0.05) is 32.7 Å². The van der Waals surface area contributed by atoms with E-state index < -0.39 is 0 Å². The number of amides is 1. The van der Waals surface area contributed by atoms with Crippen LogP contribution in [0.25, 0.3) is 33.1 Å². The van der Waals surface area contributed by atoms with Crippen LogP contribution in [0.15, 0.2) is 77.7 Å². The number of H-pyrrole nitrogens is 2. The van der Waals surface area contributed by atoms with E-state index >= 15 is 0 Å². The number of benzene rings is 3. The Morgan fingerprint density at radius 1 is 1.00 bits per heavy atom. The minimum atomic E-state index is -0.0764. The summed E-state index contributed by atoms with van der Waals surface area (Å²) in [7, 11) is 0. The van der Waals surface area contributed by atoms with E-state index in [0.29, 0.717) is 0 Å². The number of fused-ring (bicyclic) bond motifs is 2. The third-order valence-electron chi connectivity index (χ3n) is 5.03. The highest BCUT2D eigenvalue weighted by Gasteiger charge is 2.12. The molecule has 5 rings (SSSR count). The molecule has 0 saturated heterocycles. The zero-order valence-corrected chi connectivity index (χ0v) is 16.8. The highest BCUT2D eigenvalue weighted by atomic mass is 32.2. The lowest BCUT2D eigenvalue weighted by molar-refractivity contribution is -0.115. The molecule has 0 aliphatic rings. The summed E-state index contributed by atoms with van der Waals surface area (Å²) in [5.74, 6) is -0.0764. The van der Waals surface area contributed by atoms with Gasteiger partial charge in [-0.25, -0.2) is 0 Å². The molecule has 2 aromatic heterocycles. The number of carbonyl (C=O) groups excluding carboxylic acids is 1. The molecule has 0 atom stereocenters. The first kappa shape index (κ1) is 18.5. The van der Waals surface area contributed by atoms with Crippen molar-refractivity contribution in [3.05, 3.63) is 78.5 Å². The molecule has 3 aromatic carbocycles. The minimum absolute atomic E-state index is 0.0764. The van der Waals surface area contributed by atoms with Crippen molar-refractivity contribution in [3.8, 4) is 11.3 Å². The number of carbonyl (C=O) groups is 1. The van der Waals surface area contributed by atoms with E-state index in [1.165, 1.54) is 11.9 Å². The summed E-state index contributed by atoms with van der Waals surface area (Å²) in [6.45, 7) is 0. The summed E-state index contributed by atoms with van der Waals surface area (Å²) in [6, 6.07) is 23.7. The number of nitrogens with two attached hydrogens (primary N) is 1. The Morgan fingerprint density at radius 2 is 1.90 bits per heavy atom. The van der Waals surface area contributed by atoms with E-state index in [1.54, 1.807) is 0 Å². The number of aromatic nitrogens is 3. The van der Waals surface area contributed by atoms with Gasteiger partial charge in [-0.15, -0.1) is 0 Å². The molecule has 148 valence electrons. The van der Waals surface area contributed by atoms with Crippen LogP contribution < -0.4 is 10.5 Å². The maximum absolute atomic E-state index is 12.6. The van der Waals surface area contributed by atoms with Crippen molar-refractivity contribution in [2.24, 2.45) is 5.14 Å². The molecule has 0 aliphatic carbocycles. The quantitative estimate of drug-likeness (QED) is 0.309. The predicted molar refractivity (Wildman–Crippen MR) is 122 cm³/mol. The van der Waals surface area contributed by atoms with E-state index in [9.17, 15) is 4.79 Å². The average Bonchev–Trinajstić information content (AvgIpc) is 3.36. The second-order valence-electron chi connectivity index (χ2n) is 7.09. The molecule has 2 heterocycles. The van der Waals surface area contributed by atoms with Crippen LogP contribution in [0.3, 0.4) is 0 Å². The maximum atomic E-state index is 12.6. The second-order valence-corrected chi connectivity index (χ2v) is 7.79. The van der Waals surface area contributed by atoms with Gasteiger partial charge in [0.2, 0.25) is 5.91 Å². The summed E-state index contributed by atoms with van der Waals surface area (Å²) < 4.78 is 0. The van der Waals surface area contributed by atoms with Gasteiger partial charge in [0.05, 0.1) is 11.9 Å². The molecule has 6 nitrogen and oxygen atoms in total. The van der Waals surface area contributed by atoms with Crippen LogP contribution in [-0.4, -0.2) is 21.1 Å². The summed E-state index contributed by atoms with van der Waals surface area (Å²) in [4.78, 5) is 16.9. The van der Waals surface area contributed by atoms with Crippen molar-refractivity contribution in [1.82, 2.24) is 15.2 Å². The average molecular weight is 414 g/mol. The fourth-order valence-corrected chi connectivity index (χ4v) is 3.99. The predicted octanol–water partition coefficient (Wildman–Crippen LogP) is 4.86. The number of aromatic amines is 2. The molecule has 7 heteroatoms. The zero-order chi connectivity index (χ0) is 20.5. The Morgan fingerprint density at radius 3 is 2.77 bits per heavy atom. The lowest BCUT2D eigenvalue weighted by Gasteiger charge is -2.06. The standard InChI is InChI=1S/C23H19N5OS/c24-30-18-6-3-5-15(11-18)23-19-12-16(8-9-21(19)27-28-23)26-22(29)13-17-10-14-4-1-2-7-20(14)25-17/h1-12,25H,13,24H2,(H,26,29)(H,27,28). The number of hydrogen-bond donors (Lipinski definition) is 4. The van der Waals surface area contributed by atoms with E-state index in [1.807, 2.05) is 72.8 Å². The highest BCUT2D eigenvalue weighted by Crippen LogP contribution is 2.30. The number of rotatable bonds is 5. The minimum Gasteiger partial charge on any atom is -0.358 e. The first-order valence-electron chi connectivity index (χ1n) is 9.51. The molecule has 30 heavy (non-hydrogen) atoms. The van der Waals surface area contributed by atoms with Gasteiger partial charge in [0.1, 0.15) is 5.69 Å². The SMILES string of the molecule is NSc1cccc(-c2n[nH]c3ccc(NC(=O)Cc4cc5ccccc5[nH]4)cc23)c1. The van der Waals surface area contributed by atoms with Crippen LogP contribution in [0.1, 0.15) is 5.69 Å². The van der Waals surface area contributed by atoms with Gasteiger partial charge in [-0.3, -0.25) is 15.0 Å². The third-order valence-corrected chi connectivity index (χ3v) is 5.55. The highest BCUT2D eigenvalue weighted by molar-refractivity contribution is 7.97. The first-order valence-corrected chi connectivity index (χ1v) is 10.4. The molecule has 5 aromatic rings. The fraction of sp³-hybridized carbons (Fsp3) is 0.0435. The van der Waals surface area contributed by atoms with Crippen molar-refractivity contribution >= 4 is 45.3 Å². The van der Waals surface area contributed by atoms with Crippen molar-refractivity contribution < 1.29 is 4.79 Å². The van der Waals surface area contributed by atoms with Crippen molar-refractivity contribution in [3.63, 3.8) is 0 Å². The van der Waals surface area contributed by atoms with Crippen molar-refractivity contribution in [2.45, 2.75) is 11.3 Å². The summed E-state index contributed by atoms with van der Waals surface area (Å²) in [5, 5.41) is 18.2. The van der Waals surface area contributed by atoms with Gasteiger partial charge >= 0.3 is 0 Å². The van der Waals surface area contributed by atoms with Crippen molar-refractivity contribution in [2.75, 3.05) is 5.32 Å². The van der Waals surface area contributed by atoms with Gasteiger partial charge in [0.25, 0.3) is 0 Å². The normalized spacial score (nSPS) is 11.2. The van der Waals surface area contributed by atoms with E-state index in [2.05, 4.69) is 20.5 Å². The zero-order valence-electron chi connectivity index (χ0n) is 16.0. The van der Waals surface area contributed by atoms with Crippen LogP contribution in [-0.2, 0) is 11.2 Å². The lowest BCUT2D eigenvalue weighted by Crippen LogP contribution is -2.14. The molecule has 0 saturated carbocycles. The Hall–Kier alpha value is -3.55. The number of nitrogens with zero attached hydrogens (tertiary/aromatic N) is 1. The fourth-order valence-electron chi connectivity index (χ4n) is 3.64. The third kappa shape index (κ3) is 3.56. The van der Waals surface area contributed by atoms with Gasteiger partial charge in [-0.2, -0.15) is 5.10 Å². The van der Waals surface area contributed by atoms with E-state index in [0.717, 1.165) is 49.3 Å². The van der Waals surface area contributed by atoms with Crippen LogP contribution in [0.4, 0.5) is 5.69 Å². The smallest absolute Gasteiger partial charge is 0.230 e. The molecule has 0 spiro atoms. The summed E-state index contributed by atoms with van der Waals surface area (Å²) in [5.41, 5.74) is 5.35. The lowest BCUT2D eigenvalue weighted by atomic mass is 10.1. The van der Waals surface area contributed by atoms with Gasteiger partial charge in [-0.1, -0.05) is 30.3 Å². The largest absolute Gasteiger partial charge is 0.358 e. The molecular formula is C23H19N5OS. The molecule has 0 unspecified atom stereocenters. The topological polar surface area (TPSA) is 99.6 Å². The second kappa shape index (κ2) is 7.70. The number of nitrogens with one attached hydrogen (secondary N) is 3. The maximum Gasteiger partial charge on any atom is 0.230 e. The summed E-state index contributed by atoms with van der Waals surface area (Å²) >= 11 is 1.20. The van der Waals surface area contributed by atoms with Crippen molar-refractivity contribution in [1.29, 1.82) is 0 Å². The molecule has 0 bridgehead atoms. The molecule has 0 aliphatic heterocycles. The number of hydrogen-bond acceptors (Lipinski definition) is 4. The molecule has 0 fully saturated rings. The Bertz CT molecular complexity index is 1340. The monoisotopic (exact) mass is 413 g/mol. The van der Waals surface area contributed by atoms with Crippen LogP contribution in [0, 0.1) is 0 Å². The summed E-state index contributed by atoms with van der Waals surface area (Å²) in [6.07, 6.45) is 0.279. The molecule has 0 radical (unpaired) electrons. The molecule has 5 N–H and O–H groups in total. The molecular weight excluding hydrogens is 394 g/mol. The van der Waals surface area contributed by atoms with Gasteiger partial charge < -0.3 is 10.3 Å². The van der Waals surface area contributed by atoms with Crippen LogP contribution >= 0.6 is 11.9 Å². The van der Waals surface area contributed by atoms with Gasteiger partial charge in [-0.05, 0) is 59.8 Å². The molecule has 1 amide bonds.